The minimum Gasteiger partial charge on any atom is -0.392 e. The highest BCUT2D eigenvalue weighted by Crippen LogP contribution is 2.18. The third-order valence-corrected chi connectivity index (χ3v) is 3.19. The number of aromatic nitrogens is 1. The van der Waals surface area contributed by atoms with E-state index in [-0.39, 0.29) is 18.3 Å². The van der Waals surface area contributed by atoms with Crippen LogP contribution in [0.1, 0.15) is 16.1 Å². The average molecular weight is 284 g/mol. The second-order valence-electron chi connectivity index (χ2n) is 4.73. The smallest absolute Gasteiger partial charge is 0.272 e. The summed E-state index contributed by atoms with van der Waals surface area (Å²) >= 11 is 0. The number of benzene rings is 2. The van der Waals surface area contributed by atoms with Gasteiger partial charge in [-0.2, -0.15) is 0 Å². The maximum Gasteiger partial charge on any atom is 0.272 e. The molecule has 21 heavy (non-hydrogen) atoms. The van der Waals surface area contributed by atoms with Gasteiger partial charge in [-0.05, 0) is 42.0 Å². The van der Waals surface area contributed by atoms with Crippen LogP contribution < -0.4 is 5.32 Å². The van der Waals surface area contributed by atoms with Crippen molar-refractivity contribution < 1.29 is 14.3 Å². The highest BCUT2D eigenvalue weighted by Gasteiger charge is 2.10. The van der Waals surface area contributed by atoms with Gasteiger partial charge in [0.25, 0.3) is 5.91 Å². The Balaban J connectivity index is 1.86. The van der Waals surface area contributed by atoms with Crippen LogP contribution in [-0.4, -0.2) is 16.0 Å². The summed E-state index contributed by atoms with van der Waals surface area (Å²) in [5, 5.41) is 12.5. The van der Waals surface area contributed by atoms with Gasteiger partial charge in [0.2, 0.25) is 0 Å². The lowest BCUT2D eigenvalue weighted by molar-refractivity contribution is 0.102. The van der Waals surface area contributed by atoms with Crippen molar-refractivity contribution in [3.8, 4) is 0 Å². The number of rotatable bonds is 3. The van der Waals surface area contributed by atoms with E-state index in [1.807, 2.05) is 0 Å². The summed E-state index contributed by atoms with van der Waals surface area (Å²) < 4.78 is 13.1. The van der Waals surface area contributed by atoms with Gasteiger partial charge in [0.15, 0.2) is 0 Å². The second-order valence-corrected chi connectivity index (χ2v) is 4.73. The molecule has 0 atom stereocenters. The molecular weight excluding hydrogens is 271 g/mol. The molecule has 0 bridgehead atoms. The number of H-pyrrole nitrogens is 1. The van der Waals surface area contributed by atoms with Crippen molar-refractivity contribution in [2.45, 2.75) is 6.61 Å². The van der Waals surface area contributed by atoms with E-state index < -0.39 is 0 Å². The van der Waals surface area contributed by atoms with Crippen LogP contribution >= 0.6 is 0 Å². The number of amides is 1. The molecule has 0 fully saturated rings. The Kier molecular flexibility index (Phi) is 3.41. The number of nitrogens with one attached hydrogen (secondary N) is 2. The summed E-state index contributed by atoms with van der Waals surface area (Å²) in [4.78, 5) is 15.1. The lowest BCUT2D eigenvalue weighted by Crippen LogP contribution is -2.12. The number of aromatic amines is 1. The molecule has 0 saturated carbocycles. The first-order chi connectivity index (χ1) is 10.2. The Bertz CT molecular complexity index is 811. The molecule has 0 unspecified atom stereocenters. The van der Waals surface area contributed by atoms with Crippen molar-refractivity contribution in [2.75, 3.05) is 5.32 Å². The lowest BCUT2D eigenvalue weighted by atomic mass is 10.2. The Hall–Kier alpha value is -2.66. The number of carbonyl (C=O) groups is 1. The number of aliphatic hydroxyl groups is 1. The van der Waals surface area contributed by atoms with E-state index in [4.69, 9.17) is 5.11 Å². The van der Waals surface area contributed by atoms with Crippen molar-refractivity contribution in [1.82, 2.24) is 4.98 Å². The number of hydrogen-bond donors (Lipinski definition) is 3. The van der Waals surface area contributed by atoms with Crippen molar-refractivity contribution in [1.29, 1.82) is 0 Å². The van der Waals surface area contributed by atoms with Crippen molar-refractivity contribution in [3.63, 3.8) is 0 Å². The molecule has 0 radical (unpaired) electrons. The number of hydrogen-bond acceptors (Lipinski definition) is 2. The molecule has 0 aliphatic heterocycles. The normalized spacial score (nSPS) is 10.8. The zero-order valence-corrected chi connectivity index (χ0v) is 11.1. The van der Waals surface area contributed by atoms with Crippen LogP contribution in [0.5, 0.6) is 0 Å². The Morgan fingerprint density at radius 2 is 2.05 bits per heavy atom. The van der Waals surface area contributed by atoms with E-state index in [2.05, 4.69) is 10.3 Å². The SMILES string of the molecule is O=C(Nc1cccc(CO)c1)c1cc2cc(F)ccc2[nH]1. The molecule has 3 aromatic rings. The minimum atomic E-state index is -0.343. The molecule has 5 heteroatoms. The fourth-order valence-corrected chi connectivity index (χ4v) is 2.17. The van der Waals surface area contributed by atoms with Gasteiger partial charge in [0.05, 0.1) is 6.61 Å². The quantitative estimate of drug-likeness (QED) is 0.692. The summed E-state index contributed by atoms with van der Waals surface area (Å²) in [6, 6.07) is 12.8. The summed E-state index contributed by atoms with van der Waals surface area (Å²) in [6.07, 6.45) is 0. The first-order valence-corrected chi connectivity index (χ1v) is 6.45. The van der Waals surface area contributed by atoms with Crippen LogP contribution in [0.3, 0.4) is 0 Å². The van der Waals surface area contributed by atoms with E-state index in [1.54, 1.807) is 36.4 Å². The first kappa shape index (κ1) is 13.3. The van der Waals surface area contributed by atoms with Crippen LogP contribution in [0.15, 0.2) is 48.5 Å². The van der Waals surface area contributed by atoms with Gasteiger partial charge >= 0.3 is 0 Å². The molecule has 1 heterocycles. The Morgan fingerprint density at radius 1 is 1.19 bits per heavy atom. The van der Waals surface area contributed by atoms with Crippen LogP contribution in [0, 0.1) is 5.82 Å². The minimum absolute atomic E-state index is 0.0879. The average Bonchev–Trinajstić information content (AvgIpc) is 2.90. The van der Waals surface area contributed by atoms with E-state index in [0.717, 1.165) is 0 Å². The van der Waals surface area contributed by atoms with E-state index in [0.29, 0.717) is 27.8 Å². The van der Waals surface area contributed by atoms with Gasteiger partial charge in [-0.25, -0.2) is 4.39 Å². The second kappa shape index (κ2) is 5.38. The zero-order valence-electron chi connectivity index (χ0n) is 11.1. The zero-order chi connectivity index (χ0) is 14.8. The molecule has 3 rings (SSSR count). The topological polar surface area (TPSA) is 65.1 Å². The predicted molar refractivity (Wildman–Crippen MR) is 78.6 cm³/mol. The van der Waals surface area contributed by atoms with Crippen LogP contribution in [0.25, 0.3) is 10.9 Å². The van der Waals surface area contributed by atoms with Crippen LogP contribution in [-0.2, 0) is 6.61 Å². The summed E-state index contributed by atoms with van der Waals surface area (Å²) in [5.74, 6) is -0.661. The number of halogens is 1. The lowest BCUT2D eigenvalue weighted by Gasteiger charge is -2.05. The summed E-state index contributed by atoms with van der Waals surface area (Å²) in [7, 11) is 0. The molecule has 0 spiro atoms. The van der Waals surface area contributed by atoms with Gasteiger partial charge < -0.3 is 15.4 Å². The third kappa shape index (κ3) is 2.78. The van der Waals surface area contributed by atoms with Gasteiger partial charge in [-0.3, -0.25) is 4.79 Å². The Morgan fingerprint density at radius 3 is 2.86 bits per heavy atom. The molecule has 1 aromatic heterocycles. The molecule has 2 aromatic carbocycles. The molecule has 0 saturated heterocycles. The maximum absolute atomic E-state index is 13.1. The number of aliphatic hydroxyl groups excluding tert-OH is 1. The fraction of sp³-hybridized carbons (Fsp3) is 0.0625. The molecule has 106 valence electrons. The highest BCUT2D eigenvalue weighted by atomic mass is 19.1. The van der Waals surface area contributed by atoms with Gasteiger partial charge in [-0.15, -0.1) is 0 Å². The fourth-order valence-electron chi connectivity index (χ4n) is 2.17. The number of fused-ring (bicyclic) bond motifs is 1. The van der Waals surface area contributed by atoms with Crippen LogP contribution in [0.4, 0.5) is 10.1 Å². The molecule has 4 nitrogen and oxygen atoms in total. The van der Waals surface area contributed by atoms with Gasteiger partial charge in [-0.1, -0.05) is 12.1 Å². The van der Waals surface area contributed by atoms with E-state index in [9.17, 15) is 9.18 Å². The molecule has 1 amide bonds. The Labute approximate surface area is 120 Å². The van der Waals surface area contributed by atoms with Gasteiger partial charge in [0, 0.05) is 16.6 Å². The third-order valence-electron chi connectivity index (χ3n) is 3.19. The van der Waals surface area contributed by atoms with Crippen molar-refractivity contribution in [3.05, 3.63) is 65.6 Å². The highest BCUT2D eigenvalue weighted by molar-refractivity contribution is 6.05. The molecule has 3 N–H and O–H groups in total. The predicted octanol–water partition coefficient (Wildman–Crippen LogP) is 3.05. The molecular formula is C16H13FN2O2. The summed E-state index contributed by atoms with van der Waals surface area (Å²) in [6.45, 7) is -0.0879. The van der Waals surface area contributed by atoms with Crippen molar-refractivity contribution >= 4 is 22.5 Å². The molecule has 0 aliphatic carbocycles. The van der Waals surface area contributed by atoms with Crippen molar-refractivity contribution in [2.24, 2.45) is 0 Å². The van der Waals surface area contributed by atoms with Gasteiger partial charge in [0.1, 0.15) is 11.5 Å². The monoisotopic (exact) mass is 284 g/mol. The standard InChI is InChI=1S/C16H13FN2O2/c17-12-4-5-14-11(7-12)8-15(19-14)16(21)18-13-3-1-2-10(6-13)9-20/h1-8,19-20H,9H2,(H,18,21). The number of anilines is 1. The van der Waals surface area contributed by atoms with E-state index >= 15 is 0 Å². The first-order valence-electron chi connectivity index (χ1n) is 6.45. The molecule has 0 aliphatic rings. The maximum atomic E-state index is 13.1. The number of carbonyl (C=O) groups excluding carboxylic acids is 1. The van der Waals surface area contributed by atoms with Crippen LogP contribution in [0.2, 0.25) is 0 Å². The largest absolute Gasteiger partial charge is 0.392 e. The summed E-state index contributed by atoms with van der Waals surface area (Å²) in [5.41, 5.74) is 2.36. The van der Waals surface area contributed by atoms with E-state index in [1.165, 1.54) is 12.1 Å².